The van der Waals surface area contributed by atoms with Crippen LogP contribution in [-0.4, -0.2) is 30.3 Å². The molecule has 1 aromatic carbocycles. The maximum Gasteiger partial charge on any atom is 0.140 e. The molecule has 1 saturated carbocycles. The van der Waals surface area contributed by atoms with Crippen molar-refractivity contribution >= 4 is 5.78 Å². The maximum atomic E-state index is 12.1. The van der Waals surface area contributed by atoms with Gasteiger partial charge in [0, 0.05) is 25.4 Å². The molecule has 0 atom stereocenters. The van der Waals surface area contributed by atoms with Gasteiger partial charge in [0.15, 0.2) is 0 Å². The molecule has 125 valence electrons. The number of Topliss-reactive ketones (excluding diaryl/α,β-unsaturated/α-hetero) is 1. The number of piperidine rings is 1. The third kappa shape index (κ3) is 3.16. The summed E-state index contributed by atoms with van der Waals surface area (Å²) in [6.07, 6.45) is 11.4. The second-order valence-electron chi connectivity index (χ2n) is 6.98. The van der Waals surface area contributed by atoms with Gasteiger partial charge in [0.2, 0.25) is 0 Å². The first-order valence-electron chi connectivity index (χ1n) is 8.96. The van der Waals surface area contributed by atoms with Gasteiger partial charge in [-0.25, -0.2) is 0 Å². The van der Waals surface area contributed by atoms with Crippen LogP contribution in [0.2, 0.25) is 0 Å². The molecule has 1 aliphatic carbocycles. The summed E-state index contributed by atoms with van der Waals surface area (Å²) >= 11 is 0. The molecule has 3 nitrogen and oxygen atoms in total. The standard InChI is InChI=1S/C21H24NO2/c23-20(17-6-1-2-7-17)10-5-13-22-14-11-21(12-15-22)19-9-4-3-8-18(19)16-24-21/h1-4,6-9H,5,10-16H2. The summed E-state index contributed by atoms with van der Waals surface area (Å²) < 4.78 is 6.21. The summed E-state index contributed by atoms with van der Waals surface area (Å²) in [4.78, 5) is 14.5. The van der Waals surface area contributed by atoms with Gasteiger partial charge in [0.1, 0.15) is 5.78 Å². The molecular formula is C21H24NO2. The van der Waals surface area contributed by atoms with Crippen molar-refractivity contribution in [3.05, 3.63) is 67.0 Å². The van der Waals surface area contributed by atoms with Gasteiger partial charge in [-0.3, -0.25) is 4.79 Å². The number of fused-ring (bicyclic) bond motifs is 2. The van der Waals surface area contributed by atoms with E-state index in [1.807, 2.05) is 25.7 Å². The van der Waals surface area contributed by atoms with E-state index in [1.54, 1.807) is 0 Å². The lowest BCUT2D eigenvalue weighted by atomic mass is 9.84. The third-order valence-electron chi connectivity index (χ3n) is 5.54. The third-order valence-corrected chi connectivity index (χ3v) is 5.54. The number of hydrogen-bond acceptors (Lipinski definition) is 3. The van der Waals surface area contributed by atoms with Crippen LogP contribution in [0.3, 0.4) is 0 Å². The van der Waals surface area contributed by atoms with E-state index in [0.717, 1.165) is 51.4 Å². The van der Waals surface area contributed by atoms with E-state index in [2.05, 4.69) is 29.2 Å². The average molecular weight is 322 g/mol. The van der Waals surface area contributed by atoms with Crippen molar-refractivity contribution in [2.45, 2.75) is 37.9 Å². The number of carbonyl (C=O) groups is 1. The molecule has 3 aliphatic rings. The molecule has 1 spiro atoms. The number of carbonyl (C=O) groups excluding carboxylic acids is 1. The Labute approximate surface area is 145 Å². The quantitative estimate of drug-likeness (QED) is 0.833. The van der Waals surface area contributed by atoms with Crippen LogP contribution in [0.15, 0.2) is 24.3 Å². The Bertz CT molecular complexity index is 583. The minimum Gasteiger partial charge on any atom is -0.365 e. The van der Waals surface area contributed by atoms with Crippen LogP contribution in [-0.2, 0) is 21.7 Å². The van der Waals surface area contributed by atoms with Gasteiger partial charge >= 0.3 is 0 Å². The highest BCUT2D eigenvalue weighted by molar-refractivity contribution is 5.97. The van der Waals surface area contributed by atoms with Crippen molar-refractivity contribution in [1.82, 2.24) is 4.90 Å². The lowest BCUT2D eigenvalue weighted by Crippen LogP contribution is -2.42. The van der Waals surface area contributed by atoms with E-state index in [0.29, 0.717) is 6.42 Å². The molecular weight excluding hydrogens is 298 g/mol. The summed E-state index contributed by atoms with van der Waals surface area (Å²) in [7, 11) is 0. The van der Waals surface area contributed by atoms with Crippen molar-refractivity contribution in [3.63, 3.8) is 0 Å². The minimum atomic E-state index is -0.0573. The number of hydrogen-bond donors (Lipinski definition) is 0. The number of nitrogens with zero attached hydrogens (tertiary/aromatic N) is 1. The van der Waals surface area contributed by atoms with Gasteiger partial charge in [-0.2, -0.15) is 0 Å². The zero-order chi connectivity index (χ0) is 16.4. The fourth-order valence-corrected chi connectivity index (χ4v) is 4.10. The summed E-state index contributed by atoms with van der Waals surface area (Å²) in [6.45, 7) is 3.87. The summed E-state index contributed by atoms with van der Waals surface area (Å²) in [5.74, 6) is 1.12. The summed E-state index contributed by atoms with van der Waals surface area (Å²) in [6, 6.07) is 8.64. The molecule has 0 bridgehead atoms. The Hall–Kier alpha value is -1.19. The van der Waals surface area contributed by atoms with E-state index in [4.69, 9.17) is 4.74 Å². The van der Waals surface area contributed by atoms with Gasteiger partial charge in [-0.15, -0.1) is 0 Å². The molecule has 5 radical (unpaired) electrons. The number of rotatable bonds is 5. The molecule has 4 rings (SSSR count). The van der Waals surface area contributed by atoms with Gasteiger partial charge in [-0.05, 0) is 62.6 Å². The molecule has 0 aromatic heterocycles. The maximum absolute atomic E-state index is 12.1. The van der Waals surface area contributed by atoms with Crippen molar-refractivity contribution in [2.24, 2.45) is 0 Å². The van der Waals surface area contributed by atoms with Crippen LogP contribution in [0, 0.1) is 31.6 Å². The average Bonchev–Trinajstić information content (AvgIpc) is 3.27. The summed E-state index contributed by atoms with van der Waals surface area (Å²) in [5, 5.41) is 0. The zero-order valence-corrected chi connectivity index (χ0v) is 14.0. The second-order valence-corrected chi connectivity index (χ2v) is 6.98. The van der Waals surface area contributed by atoms with E-state index < -0.39 is 0 Å². The lowest BCUT2D eigenvalue weighted by Gasteiger charge is -2.39. The molecule has 0 amide bonds. The van der Waals surface area contributed by atoms with E-state index >= 15 is 0 Å². The number of ketones is 1. The van der Waals surface area contributed by atoms with Gasteiger partial charge in [0.25, 0.3) is 0 Å². The highest BCUT2D eigenvalue weighted by atomic mass is 16.5. The van der Waals surface area contributed by atoms with E-state index in [-0.39, 0.29) is 11.4 Å². The Kier molecular flexibility index (Phi) is 4.73. The molecule has 1 aromatic rings. The van der Waals surface area contributed by atoms with Crippen molar-refractivity contribution in [3.8, 4) is 0 Å². The van der Waals surface area contributed by atoms with Crippen LogP contribution in [0.5, 0.6) is 0 Å². The van der Waals surface area contributed by atoms with Crippen molar-refractivity contribution in [2.75, 3.05) is 19.6 Å². The smallest absolute Gasteiger partial charge is 0.140 e. The first-order chi connectivity index (χ1) is 11.8. The fraction of sp³-hybridized carbons (Fsp3) is 0.429. The molecule has 24 heavy (non-hydrogen) atoms. The number of ether oxygens (including phenoxy) is 1. The summed E-state index contributed by atoms with van der Waals surface area (Å²) in [5.41, 5.74) is 2.69. The Morgan fingerprint density at radius 1 is 1.12 bits per heavy atom. The van der Waals surface area contributed by atoms with Crippen LogP contribution in [0.1, 0.15) is 36.8 Å². The molecule has 0 N–H and O–H groups in total. The number of benzene rings is 1. The monoisotopic (exact) mass is 322 g/mol. The minimum absolute atomic E-state index is 0.0573. The molecule has 2 aliphatic heterocycles. The topological polar surface area (TPSA) is 29.5 Å². The van der Waals surface area contributed by atoms with Gasteiger partial charge in [0.05, 0.1) is 12.2 Å². The van der Waals surface area contributed by atoms with E-state index in [1.165, 1.54) is 11.1 Å². The molecule has 3 heteroatoms. The van der Waals surface area contributed by atoms with Gasteiger partial charge < -0.3 is 9.64 Å². The Balaban J connectivity index is 1.24. The largest absolute Gasteiger partial charge is 0.365 e. The first-order valence-corrected chi connectivity index (χ1v) is 8.96. The lowest BCUT2D eigenvalue weighted by molar-refractivity contribution is -0.117. The molecule has 0 unspecified atom stereocenters. The highest BCUT2D eigenvalue weighted by Crippen LogP contribution is 2.43. The Morgan fingerprint density at radius 3 is 2.67 bits per heavy atom. The second kappa shape index (κ2) is 6.97. The van der Waals surface area contributed by atoms with Crippen LogP contribution < -0.4 is 0 Å². The molecule has 1 saturated heterocycles. The van der Waals surface area contributed by atoms with Crippen molar-refractivity contribution < 1.29 is 9.53 Å². The number of likely N-dealkylation sites (tertiary alicyclic amines) is 1. The molecule has 2 fully saturated rings. The van der Waals surface area contributed by atoms with Crippen LogP contribution >= 0.6 is 0 Å². The predicted molar refractivity (Wildman–Crippen MR) is 93.3 cm³/mol. The zero-order valence-electron chi connectivity index (χ0n) is 14.0. The fourth-order valence-electron chi connectivity index (χ4n) is 4.10. The first kappa shape index (κ1) is 16.3. The van der Waals surface area contributed by atoms with Gasteiger partial charge in [-0.1, -0.05) is 24.3 Å². The van der Waals surface area contributed by atoms with E-state index in [9.17, 15) is 4.79 Å². The van der Waals surface area contributed by atoms with Crippen LogP contribution in [0.4, 0.5) is 0 Å². The normalized spacial score (nSPS) is 23.7. The van der Waals surface area contributed by atoms with Crippen molar-refractivity contribution in [1.29, 1.82) is 0 Å². The van der Waals surface area contributed by atoms with Crippen LogP contribution in [0.25, 0.3) is 0 Å². The Morgan fingerprint density at radius 2 is 1.88 bits per heavy atom. The molecule has 2 heterocycles. The predicted octanol–water partition coefficient (Wildman–Crippen LogP) is 3.26. The highest BCUT2D eigenvalue weighted by Gasteiger charge is 2.42. The SMILES string of the molecule is O=C(CCCN1CCC2(CC1)OCc1ccccc12)[C]1[CH][CH][CH][CH]1.